The number of carbonyl (C=O) groups excluding carboxylic acids is 1. The molecule has 0 heterocycles. The molecule has 0 aliphatic heterocycles. The number of nitrogens with one attached hydrogen (secondary N) is 1. The number of fused-ring (bicyclic) bond motifs is 2. The SMILES string of the molecule is CC12CCCC(NC(=O)OCc3ccccc3)(CC1)C2. The molecule has 1 aromatic carbocycles. The number of hydrogen-bond acceptors (Lipinski definition) is 2. The van der Waals surface area contributed by atoms with Gasteiger partial charge in [-0.05, 0) is 43.1 Å². The number of rotatable bonds is 3. The summed E-state index contributed by atoms with van der Waals surface area (Å²) in [7, 11) is 0. The third kappa shape index (κ3) is 2.82. The Balaban J connectivity index is 1.54. The summed E-state index contributed by atoms with van der Waals surface area (Å²) in [5, 5.41) is 3.16. The van der Waals surface area contributed by atoms with Crippen LogP contribution in [-0.2, 0) is 11.3 Å². The van der Waals surface area contributed by atoms with E-state index in [0.29, 0.717) is 12.0 Å². The van der Waals surface area contributed by atoms with Gasteiger partial charge in [-0.15, -0.1) is 0 Å². The third-order valence-electron chi connectivity index (χ3n) is 4.99. The molecule has 2 atom stereocenters. The third-order valence-corrected chi connectivity index (χ3v) is 4.99. The van der Waals surface area contributed by atoms with Gasteiger partial charge in [0.15, 0.2) is 0 Å². The van der Waals surface area contributed by atoms with Gasteiger partial charge in [0.05, 0.1) is 0 Å². The summed E-state index contributed by atoms with van der Waals surface area (Å²) in [5.41, 5.74) is 1.46. The highest BCUT2D eigenvalue weighted by atomic mass is 16.5. The zero-order valence-corrected chi connectivity index (χ0v) is 12.2. The smallest absolute Gasteiger partial charge is 0.407 e. The number of hydrogen-bond donors (Lipinski definition) is 1. The van der Waals surface area contributed by atoms with Crippen LogP contribution >= 0.6 is 0 Å². The first-order valence-electron chi connectivity index (χ1n) is 7.58. The molecule has 2 unspecified atom stereocenters. The second-order valence-electron chi connectivity index (χ2n) is 6.81. The number of carbonyl (C=O) groups is 1. The lowest BCUT2D eigenvalue weighted by atomic mass is 9.74. The maximum absolute atomic E-state index is 12.0. The lowest BCUT2D eigenvalue weighted by molar-refractivity contribution is 0.114. The molecule has 2 bridgehead atoms. The molecule has 0 saturated heterocycles. The van der Waals surface area contributed by atoms with Crippen LogP contribution in [0.5, 0.6) is 0 Å². The van der Waals surface area contributed by atoms with E-state index < -0.39 is 0 Å². The van der Waals surface area contributed by atoms with Crippen LogP contribution in [0.25, 0.3) is 0 Å². The van der Waals surface area contributed by atoms with E-state index >= 15 is 0 Å². The molecule has 0 radical (unpaired) electrons. The van der Waals surface area contributed by atoms with Gasteiger partial charge in [0, 0.05) is 5.54 Å². The van der Waals surface area contributed by atoms with E-state index in [0.717, 1.165) is 24.8 Å². The fourth-order valence-electron chi connectivity index (χ4n) is 3.96. The summed E-state index contributed by atoms with van der Waals surface area (Å²) >= 11 is 0. The van der Waals surface area contributed by atoms with E-state index in [4.69, 9.17) is 4.74 Å². The van der Waals surface area contributed by atoms with Crippen LogP contribution in [-0.4, -0.2) is 11.6 Å². The van der Waals surface area contributed by atoms with Crippen molar-refractivity contribution in [3.8, 4) is 0 Å². The van der Waals surface area contributed by atoms with E-state index in [1.54, 1.807) is 0 Å². The molecule has 1 aromatic rings. The zero-order valence-electron chi connectivity index (χ0n) is 12.2. The molecule has 3 nitrogen and oxygen atoms in total. The quantitative estimate of drug-likeness (QED) is 0.903. The van der Waals surface area contributed by atoms with E-state index in [1.807, 2.05) is 30.3 Å². The fourth-order valence-corrected chi connectivity index (χ4v) is 3.96. The van der Waals surface area contributed by atoms with Crippen LogP contribution < -0.4 is 5.32 Å². The van der Waals surface area contributed by atoms with E-state index in [1.165, 1.54) is 19.3 Å². The number of ether oxygens (including phenoxy) is 1. The van der Waals surface area contributed by atoms with E-state index in [9.17, 15) is 4.79 Å². The Labute approximate surface area is 120 Å². The Morgan fingerprint density at radius 3 is 2.80 bits per heavy atom. The molecule has 108 valence electrons. The van der Waals surface area contributed by atoms with Crippen molar-refractivity contribution in [2.45, 2.75) is 57.6 Å². The summed E-state index contributed by atoms with van der Waals surface area (Å²) in [6, 6.07) is 9.82. The van der Waals surface area contributed by atoms with Crippen LogP contribution in [0.1, 0.15) is 51.0 Å². The maximum atomic E-state index is 12.0. The van der Waals surface area contributed by atoms with Crippen molar-refractivity contribution in [1.29, 1.82) is 0 Å². The minimum atomic E-state index is -0.264. The van der Waals surface area contributed by atoms with Crippen LogP contribution in [0.4, 0.5) is 4.79 Å². The van der Waals surface area contributed by atoms with Crippen LogP contribution in [0, 0.1) is 5.41 Å². The van der Waals surface area contributed by atoms with Crippen molar-refractivity contribution in [2.24, 2.45) is 5.41 Å². The van der Waals surface area contributed by atoms with E-state index in [2.05, 4.69) is 12.2 Å². The van der Waals surface area contributed by atoms with Crippen molar-refractivity contribution >= 4 is 6.09 Å². The van der Waals surface area contributed by atoms with Gasteiger partial charge in [0.1, 0.15) is 6.61 Å². The number of benzene rings is 1. The molecule has 1 N–H and O–H groups in total. The van der Waals surface area contributed by atoms with Gasteiger partial charge < -0.3 is 10.1 Å². The second-order valence-corrected chi connectivity index (χ2v) is 6.81. The predicted molar refractivity (Wildman–Crippen MR) is 78.3 cm³/mol. The summed E-state index contributed by atoms with van der Waals surface area (Å²) in [4.78, 5) is 12.0. The molecule has 2 fully saturated rings. The molecular formula is C17H23NO2. The van der Waals surface area contributed by atoms with Gasteiger partial charge in [0.2, 0.25) is 0 Å². The average molecular weight is 273 g/mol. The van der Waals surface area contributed by atoms with Crippen LogP contribution in [0.3, 0.4) is 0 Å². The Morgan fingerprint density at radius 1 is 1.20 bits per heavy atom. The Bertz CT molecular complexity index is 487. The Morgan fingerprint density at radius 2 is 2.00 bits per heavy atom. The minimum absolute atomic E-state index is 0.000765. The van der Waals surface area contributed by atoms with Crippen molar-refractivity contribution in [3.05, 3.63) is 35.9 Å². The molecule has 2 aliphatic carbocycles. The highest BCUT2D eigenvalue weighted by Crippen LogP contribution is 2.53. The minimum Gasteiger partial charge on any atom is -0.445 e. The number of amides is 1. The summed E-state index contributed by atoms with van der Waals surface area (Å²) in [5.74, 6) is 0. The summed E-state index contributed by atoms with van der Waals surface area (Å²) < 4.78 is 5.36. The topological polar surface area (TPSA) is 38.3 Å². The predicted octanol–water partition coefficient (Wildman–Crippen LogP) is 4.03. The molecule has 1 amide bonds. The monoisotopic (exact) mass is 273 g/mol. The lowest BCUT2D eigenvalue weighted by Crippen LogP contribution is -2.48. The standard InChI is InChI=1S/C17H23NO2/c1-16-8-5-9-17(13-16,11-10-16)18-15(19)20-12-14-6-3-2-4-7-14/h2-4,6-7H,5,8-13H2,1H3,(H,18,19). The van der Waals surface area contributed by atoms with Gasteiger partial charge in [-0.25, -0.2) is 4.79 Å². The molecule has 3 rings (SSSR count). The van der Waals surface area contributed by atoms with Crippen molar-refractivity contribution in [1.82, 2.24) is 5.32 Å². The lowest BCUT2D eigenvalue weighted by Gasteiger charge is -2.37. The second kappa shape index (κ2) is 5.12. The molecule has 3 heteroatoms. The summed E-state index contributed by atoms with van der Waals surface area (Å²) in [6.07, 6.45) is 6.80. The van der Waals surface area contributed by atoms with Gasteiger partial charge in [-0.3, -0.25) is 0 Å². The average Bonchev–Trinajstić information content (AvgIpc) is 2.67. The molecular weight excluding hydrogens is 250 g/mol. The van der Waals surface area contributed by atoms with E-state index in [-0.39, 0.29) is 11.6 Å². The molecule has 0 aromatic heterocycles. The molecule has 20 heavy (non-hydrogen) atoms. The van der Waals surface area contributed by atoms with Gasteiger partial charge in [-0.2, -0.15) is 0 Å². The van der Waals surface area contributed by atoms with Crippen molar-refractivity contribution in [3.63, 3.8) is 0 Å². The highest BCUT2D eigenvalue weighted by molar-refractivity contribution is 5.68. The largest absolute Gasteiger partial charge is 0.445 e. The number of alkyl carbamates (subject to hydrolysis) is 1. The van der Waals surface area contributed by atoms with Gasteiger partial charge in [0.25, 0.3) is 0 Å². The Kier molecular flexibility index (Phi) is 3.45. The zero-order chi connectivity index (χ0) is 14.1. The van der Waals surface area contributed by atoms with Gasteiger partial charge in [-0.1, -0.05) is 43.7 Å². The first-order valence-corrected chi connectivity index (χ1v) is 7.58. The van der Waals surface area contributed by atoms with Crippen molar-refractivity contribution in [2.75, 3.05) is 0 Å². The molecule has 2 saturated carbocycles. The first-order chi connectivity index (χ1) is 9.59. The highest BCUT2D eigenvalue weighted by Gasteiger charge is 2.49. The molecule has 0 spiro atoms. The first kappa shape index (κ1) is 13.5. The normalized spacial score (nSPS) is 31.9. The Hall–Kier alpha value is -1.51. The van der Waals surface area contributed by atoms with Crippen LogP contribution in [0.15, 0.2) is 30.3 Å². The van der Waals surface area contributed by atoms with Gasteiger partial charge >= 0.3 is 6.09 Å². The molecule has 2 aliphatic rings. The summed E-state index contributed by atoms with van der Waals surface area (Å²) in [6.45, 7) is 2.70. The van der Waals surface area contributed by atoms with Crippen LogP contribution in [0.2, 0.25) is 0 Å². The maximum Gasteiger partial charge on any atom is 0.407 e. The fraction of sp³-hybridized carbons (Fsp3) is 0.588. The van der Waals surface area contributed by atoms with Crippen molar-refractivity contribution < 1.29 is 9.53 Å².